The summed E-state index contributed by atoms with van der Waals surface area (Å²) >= 11 is 1.44. The second-order valence-corrected chi connectivity index (χ2v) is 6.83. The van der Waals surface area contributed by atoms with Gasteiger partial charge in [-0.25, -0.2) is 0 Å². The summed E-state index contributed by atoms with van der Waals surface area (Å²) in [4.78, 5) is 12.4. The zero-order valence-electron chi connectivity index (χ0n) is 14.3. The Bertz CT molecular complexity index is 823. The quantitative estimate of drug-likeness (QED) is 0.697. The summed E-state index contributed by atoms with van der Waals surface area (Å²) in [5.41, 5.74) is 1.65. The number of amides is 1. The van der Waals surface area contributed by atoms with Gasteiger partial charge in [-0.05, 0) is 18.4 Å². The molecule has 2 heterocycles. The fourth-order valence-electron chi connectivity index (χ4n) is 2.60. The molecule has 0 aliphatic heterocycles. The number of nitrogens with zero attached hydrogens (tertiary/aromatic N) is 4. The van der Waals surface area contributed by atoms with Crippen LogP contribution in [0.4, 0.5) is 5.13 Å². The molecule has 25 heavy (non-hydrogen) atoms. The zero-order chi connectivity index (χ0) is 17.6. The van der Waals surface area contributed by atoms with Crippen molar-refractivity contribution in [3.05, 3.63) is 58.9 Å². The Labute approximate surface area is 150 Å². The van der Waals surface area contributed by atoms with E-state index in [0.717, 1.165) is 23.4 Å². The lowest BCUT2D eigenvalue weighted by molar-refractivity contribution is 0.102. The first-order valence-electron chi connectivity index (χ1n) is 8.40. The fraction of sp³-hybridized carbons (Fsp3) is 0.333. The van der Waals surface area contributed by atoms with Gasteiger partial charge >= 0.3 is 0 Å². The Balaban J connectivity index is 1.64. The molecular weight excluding hydrogens is 334 g/mol. The zero-order valence-corrected chi connectivity index (χ0v) is 15.2. The van der Waals surface area contributed by atoms with Crippen molar-refractivity contribution >= 4 is 22.4 Å². The van der Waals surface area contributed by atoms with Crippen molar-refractivity contribution in [3.8, 4) is 0 Å². The van der Waals surface area contributed by atoms with E-state index in [0.29, 0.717) is 23.2 Å². The van der Waals surface area contributed by atoms with Crippen molar-refractivity contribution in [1.82, 2.24) is 20.0 Å². The van der Waals surface area contributed by atoms with E-state index in [9.17, 15) is 4.79 Å². The summed E-state index contributed by atoms with van der Waals surface area (Å²) in [5.74, 6) is 0.184. The van der Waals surface area contributed by atoms with E-state index in [2.05, 4.69) is 34.5 Å². The summed E-state index contributed by atoms with van der Waals surface area (Å²) in [6.07, 6.45) is 5.35. The standard InChI is InChI=1S/C18H21N5OS/c1-3-14(4-2)17-21-22-18(25-17)20-16(24)15-10-19-23(12-15)11-13-8-6-5-7-9-13/h5-10,12,14H,3-4,11H2,1-2H3,(H,20,22,24). The Hall–Kier alpha value is -2.54. The molecule has 0 fully saturated rings. The van der Waals surface area contributed by atoms with Crippen LogP contribution in [0.5, 0.6) is 0 Å². The highest BCUT2D eigenvalue weighted by atomic mass is 32.1. The number of carbonyl (C=O) groups excluding carboxylic acids is 1. The fourth-order valence-corrected chi connectivity index (χ4v) is 3.60. The van der Waals surface area contributed by atoms with Gasteiger partial charge in [0.05, 0.1) is 18.3 Å². The van der Waals surface area contributed by atoms with Gasteiger partial charge in [0.15, 0.2) is 0 Å². The minimum atomic E-state index is -0.216. The Morgan fingerprint density at radius 2 is 1.96 bits per heavy atom. The lowest BCUT2D eigenvalue weighted by atomic mass is 10.1. The predicted octanol–water partition coefficient (Wildman–Crippen LogP) is 3.94. The molecule has 6 nitrogen and oxygen atoms in total. The van der Waals surface area contributed by atoms with Crippen molar-refractivity contribution < 1.29 is 4.79 Å². The van der Waals surface area contributed by atoms with Crippen LogP contribution in [-0.2, 0) is 6.54 Å². The molecule has 7 heteroatoms. The minimum Gasteiger partial charge on any atom is -0.296 e. The first kappa shape index (κ1) is 17.3. The van der Waals surface area contributed by atoms with E-state index in [1.54, 1.807) is 17.1 Å². The predicted molar refractivity (Wildman–Crippen MR) is 99.0 cm³/mol. The van der Waals surface area contributed by atoms with Crippen LogP contribution in [0.25, 0.3) is 0 Å². The molecule has 1 aromatic carbocycles. The number of nitrogens with one attached hydrogen (secondary N) is 1. The van der Waals surface area contributed by atoms with Gasteiger partial charge in [-0.3, -0.25) is 14.8 Å². The van der Waals surface area contributed by atoms with Gasteiger partial charge in [0.1, 0.15) is 5.01 Å². The first-order chi connectivity index (χ1) is 12.2. The van der Waals surface area contributed by atoms with Gasteiger partial charge in [0.25, 0.3) is 5.91 Å². The van der Waals surface area contributed by atoms with Crippen molar-refractivity contribution in [3.63, 3.8) is 0 Å². The Kier molecular flexibility index (Phi) is 5.55. The Morgan fingerprint density at radius 1 is 1.20 bits per heavy atom. The van der Waals surface area contributed by atoms with Crippen LogP contribution in [0, 0.1) is 0 Å². The van der Waals surface area contributed by atoms with Crippen molar-refractivity contribution in [2.45, 2.75) is 39.2 Å². The highest BCUT2D eigenvalue weighted by Gasteiger charge is 2.16. The summed E-state index contributed by atoms with van der Waals surface area (Å²) in [5, 5.41) is 16.9. The Morgan fingerprint density at radius 3 is 2.68 bits per heavy atom. The van der Waals surface area contributed by atoms with Crippen LogP contribution in [-0.4, -0.2) is 25.9 Å². The topological polar surface area (TPSA) is 72.7 Å². The van der Waals surface area contributed by atoms with Crippen LogP contribution in [0.1, 0.15) is 53.5 Å². The molecule has 0 aliphatic carbocycles. The SMILES string of the molecule is CCC(CC)c1nnc(NC(=O)c2cnn(Cc3ccccc3)c2)s1. The molecular formula is C18H21N5OS. The number of benzene rings is 1. The smallest absolute Gasteiger partial charge is 0.260 e. The van der Waals surface area contributed by atoms with Gasteiger partial charge in [-0.2, -0.15) is 5.10 Å². The molecule has 130 valence electrons. The van der Waals surface area contributed by atoms with Crippen molar-refractivity contribution in [2.75, 3.05) is 5.32 Å². The van der Waals surface area contributed by atoms with E-state index in [1.807, 2.05) is 30.3 Å². The number of hydrogen-bond acceptors (Lipinski definition) is 5. The molecule has 0 atom stereocenters. The average Bonchev–Trinajstić information content (AvgIpc) is 3.27. The maximum absolute atomic E-state index is 12.4. The lowest BCUT2D eigenvalue weighted by Gasteiger charge is -2.05. The molecule has 2 aromatic heterocycles. The molecule has 0 spiro atoms. The van der Waals surface area contributed by atoms with Crippen LogP contribution in [0.15, 0.2) is 42.7 Å². The molecule has 1 N–H and O–H groups in total. The largest absolute Gasteiger partial charge is 0.296 e. The molecule has 0 unspecified atom stereocenters. The highest BCUT2D eigenvalue weighted by Crippen LogP contribution is 2.28. The van der Waals surface area contributed by atoms with Crippen LogP contribution < -0.4 is 5.32 Å². The molecule has 0 radical (unpaired) electrons. The van der Waals surface area contributed by atoms with Gasteiger partial charge in [-0.15, -0.1) is 10.2 Å². The van der Waals surface area contributed by atoms with Crippen LogP contribution >= 0.6 is 11.3 Å². The third-order valence-electron chi connectivity index (χ3n) is 4.08. The maximum atomic E-state index is 12.4. The van der Waals surface area contributed by atoms with E-state index in [4.69, 9.17) is 0 Å². The number of hydrogen-bond donors (Lipinski definition) is 1. The number of rotatable bonds is 7. The summed E-state index contributed by atoms with van der Waals surface area (Å²) in [6, 6.07) is 10.0. The van der Waals surface area contributed by atoms with Gasteiger partial charge in [-0.1, -0.05) is 55.5 Å². The number of anilines is 1. The van der Waals surface area contributed by atoms with Crippen LogP contribution in [0.2, 0.25) is 0 Å². The second kappa shape index (κ2) is 8.02. The maximum Gasteiger partial charge on any atom is 0.260 e. The molecule has 3 rings (SSSR count). The van der Waals surface area contributed by atoms with Gasteiger partial charge in [0, 0.05) is 12.1 Å². The first-order valence-corrected chi connectivity index (χ1v) is 9.22. The summed E-state index contributed by atoms with van der Waals surface area (Å²) in [6.45, 7) is 4.90. The molecule has 0 bridgehead atoms. The monoisotopic (exact) mass is 355 g/mol. The van der Waals surface area contributed by atoms with E-state index in [-0.39, 0.29) is 5.91 Å². The minimum absolute atomic E-state index is 0.216. The average molecular weight is 355 g/mol. The normalized spacial score (nSPS) is 11.0. The number of aromatic nitrogens is 4. The van der Waals surface area contributed by atoms with Gasteiger partial charge < -0.3 is 0 Å². The van der Waals surface area contributed by atoms with E-state index in [1.165, 1.54) is 11.3 Å². The number of carbonyl (C=O) groups is 1. The van der Waals surface area contributed by atoms with E-state index < -0.39 is 0 Å². The molecule has 0 saturated carbocycles. The summed E-state index contributed by atoms with van der Waals surface area (Å²) < 4.78 is 1.75. The van der Waals surface area contributed by atoms with Crippen molar-refractivity contribution in [1.29, 1.82) is 0 Å². The lowest BCUT2D eigenvalue weighted by Crippen LogP contribution is -2.11. The van der Waals surface area contributed by atoms with E-state index >= 15 is 0 Å². The van der Waals surface area contributed by atoms with Crippen LogP contribution in [0.3, 0.4) is 0 Å². The molecule has 1 amide bonds. The van der Waals surface area contributed by atoms with Gasteiger partial charge in [0.2, 0.25) is 5.13 Å². The summed E-state index contributed by atoms with van der Waals surface area (Å²) in [7, 11) is 0. The molecule has 0 aliphatic rings. The third-order valence-corrected chi connectivity index (χ3v) is 5.08. The molecule has 0 saturated heterocycles. The molecule has 3 aromatic rings. The third kappa shape index (κ3) is 4.30. The second-order valence-electron chi connectivity index (χ2n) is 5.83. The van der Waals surface area contributed by atoms with Crippen molar-refractivity contribution in [2.24, 2.45) is 0 Å². The highest BCUT2D eigenvalue weighted by molar-refractivity contribution is 7.15.